The van der Waals surface area contributed by atoms with Crippen LogP contribution in [0.4, 0.5) is 0 Å². The summed E-state index contributed by atoms with van der Waals surface area (Å²) in [4.78, 5) is 20.3. The van der Waals surface area contributed by atoms with E-state index in [0.717, 1.165) is 65.6 Å². The predicted octanol–water partition coefficient (Wildman–Crippen LogP) is 4.91. The summed E-state index contributed by atoms with van der Waals surface area (Å²) < 4.78 is 11.4. The Bertz CT molecular complexity index is 1150. The Morgan fingerprint density at radius 3 is 2.66 bits per heavy atom. The van der Waals surface area contributed by atoms with E-state index in [1.807, 2.05) is 56.3 Å². The van der Waals surface area contributed by atoms with Gasteiger partial charge in [0.15, 0.2) is 5.82 Å². The van der Waals surface area contributed by atoms with Gasteiger partial charge in [-0.15, -0.1) is 0 Å². The number of carboxylic acids is 1. The fourth-order valence-corrected chi connectivity index (χ4v) is 4.52. The van der Waals surface area contributed by atoms with Crippen molar-refractivity contribution in [3.8, 4) is 22.9 Å². The first-order valence-electron chi connectivity index (χ1n) is 12.3. The van der Waals surface area contributed by atoms with Crippen molar-refractivity contribution in [3.63, 3.8) is 0 Å². The van der Waals surface area contributed by atoms with Crippen molar-refractivity contribution in [1.29, 1.82) is 0 Å². The zero-order valence-electron chi connectivity index (χ0n) is 20.4. The molecule has 0 fully saturated rings. The highest BCUT2D eigenvalue weighted by Crippen LogP contribution is 2.37. The number of carboxylic acid groups (broad SMARTS) is 1. The molecule has 2 aromatic carbocycles. The van der Waals surface area contributed by atoms with Crippen LogP contribution in [0.25, 0.3) is 11.4 Å². The Labute approximate surface area is 206 Å². The Morgan fingerprint density at radius 2 is 1.89 bits per heavy atom. The minimum absolute atomic E-state index is 0.126. The van der Waals surface area contributed by atoms with Gasteiger partial charge in [0.25, 0.3) is 0 Å². The molecule has 184 valence electrons. The third-order valence-corrected chi connectivity index (χ3v) is 6.14. The zero-order chi connectivity index (χ0) is 24.6. The van der Waals surface area contributed by atoms with E-state index >= 15 is 0 Å². The van der Waals surface area contributed by atoms with Gasteiger partial charge in [0.2, 0.25) is 0 Å². The predicted molar refractivity (Wildman–Crippen MR) is 135 cm³/mol. The van der Waals surface area contributed by atoms with Crippen LogP contribution in [-0.2, 0) is 17.8 Å². The molecule has 1 heterocycles. The first kappa shape index (κ1) is 24.7. The quantitative estimate of drug-likeness (QED) is 0.359. The lowest BCUT2D eigenvalue weighted by atomic mass is 9.98. The molecule has 0 aliphatic heterocycles. The molecule has 7 nitrogen and oxygen atoms in total. The van der Waals surface area contributed by atoms with E-state index in [-0.39, 0.29) is 12.3 Å². The van der Waals surface area contributed by atoms with Gasteiger partial charge in [0.05, 0.1) is 25.3 Å². The summed E-state index contributed by atoms with van der Waals surface area (Å²) in [6, 6.07) is 15.9. The molecule has 3 aromatic rings. The van der Waals surface area contributed by atoms with E-state index in [4.69, 9.17) is 19.6 Å². The van der Waals surface area contributed by atoms with E-state index < -0.39 is 5.97 Å². The molecule has 35 heavy (non-hydrogen) atoms. The van der Waals surface area contributed by atoms with E-state index in [1.54, 1.807) is 0 Å². The minimum Gasteiger partial charge on any atom is -0.494 e. The van der Waals surface area contributed by atoms with Gasteiger partial charge in [-0.1, -0.05) is 6.07 Å². The highest BCUT2D eigenvalue weighted by Gasteiger charge is 2.24. The number of fused-ring (bicyclic) bond motifs is 1. The Hall–Kier alpha value is -3.45. The first-order valence-corrected chi connectivity index (χ1v) is 12.3. The zero-order valence-corrected chi connectivity index (χ0v) is 20.4. The summed E-state index contributed by atoms with van der Waals surface area (Å²) in [7, 11) is 0. The maximum atomic E-state index is 11.0. The lowest BCUT2D eigenvalue weighted by Gasteiger charge is -2.11. The summed E-state index contributed by atoms with van der Waals surface area (Å²) in [5, 5.41) is 12.5. The molecular weight excluding hydrogens is 442 g/mol. The standard InChI is InChI=1S/C28H33N3O4/c1-3-34-24-9-7-20(8-10-24)28-30-19(2)15-23(31-28)18-29-13-4-14-35-25-11-12-26-21(16-25)5-6-22(26)17-27(32)33/h7-12,15-16,22,29H,3-6,13-14,17-18H2,1-2H3,(H,32,33)/t22-/m0/s1. The Kier molecular flexibility index (Phi) is 8.32. The number of carbonyl (C=O) groups is 1. The first-order chi connectivity index (χ1) is 17.0. The van der Waals surface area contributed by atoms with Gasteiger partial charge >= 0.3 is 5.97 Å². The number of hydrogen-bond acceptors (Lipinski definition) is 6. The second kappa shape index (κ2) is 11.8. The number of aryl methyl sites for hydroxylation is 2. The minimum atomic E-state index is -0.736. The van der Waals surface area contributed by atoms with Gasteiger partial charge in [-0.2, -0.15) is 0 Å². The summed E-state index contributed by atoms with van der Waals surface area (Å²) in [6.07, 6.45) is 2.89. The molecule has 0 amide bonds. The number of ether oxygens (including phenoxy) is 2. The van der Waals surface area contributed by atoms with Crippen molar-refractivity contribution in [3.05, 3.63) is 71.0 Å². The van der Waals surface area contributed by atoms with Crippen LogP contribution in [0.15, 0.2) is 48.5 Å². The number of benzene rings is 2. The average Bonchev–Trinajstić information content (AvgIpc) is 3.23. The van der Waals surface area contributed by atoms with Crippen LogP contribution in [0.5, 0.6) is 11.5 Å². The van der Waals surface area contributed by atoms with Crippen molar-refractivity contribution < 1.29 is 19.4 Å². The second-order valence-electron chi connectivity index (χ2n) is 8.85. The van der Waals surface area contributed by atoms with E-state index in [9.17, 15) is 4.79 Å². The number of hydrogen-bond donors (Lipinski definition) is 2. The van der Waals surface area contributed by atoms with Gasteiger partial charge in [0, 0.05) is 17.8 Å². The maximum absolute atomic E-state index is 11.0. The van der Waals surface area contributed by atoms with Crippen molar-refractivity contribution >= 4 is 5.97 Å². The molecule has 4 rings (SSSR count). The molecule has 0 saturated heterocycles. The van der Waals surface area contributed by atoms with Crippen molar-refractivity contribution in [2.24, 2.45) is 0 Å². The van der Waals surface area contributed by atoms with E-state index in [0.29, 0.717) is 19.8 Å². The molecule has 0 saturated carbocycles. The van der Waals surface area contributed by atoms with Crippen LogP contribution in [0.1, 0.15) is 54.6 Å². The second-order valence-corrected chi connectivity index (χ2v) is 8.85. The Balaban J connectivity index is 1.22. The van der Waals surface area contributed by atoms with Gasteiger partial charge in [-0.25, -0.2) is 9.97 Å². The summed E-state index contributed by atoms with van der Waals surface area (Å²) in [6.45, 7) is 6.69. The van der Waals surface area contributed by atoms with Crippen LogP contribution >= 0.6 is 0 Å². The molecule has 0 bridgehead atoms. The number of nitrogens with one attached hydrogen (secondary N) is 1. The highest BCUT2D eigenvalue weighted by atomic mass is 16.5. The van der Waals surface area contributed by atoms with E-state index in [1.165, 1.54) is 5.56 Å². The molecule has 2 N–H and O–H groups in total. The third-order valence-electron chi connectivity index (χ3n) is 6.14. The van der Waals surface area contributed by atoms with E-state index in [2.05, 4.69) is 16.4 Å². The smallest absolute Gasteiger partial charge is 0.303 e. The fraction of sp³-hybridized carbons (Fsp3) is 0.393. The topological polar surface area (TPSA) is 93.6 Å². The number of aromatic nitrogens is 2. The monoisotopic (exact) mass is 475 g/mol. The molecule has 0 spiro atoms. The van der Waals surface area contributed by atoms with Gasteiger partial charge < -0.3 is 19.9 Å². The molecule has 0 radical (unpaired) electrons. The lowest BCUT2D eigenvalue weighted by Crippen LogP contribution is -2.18. The molecule has 1 atom stereocenters. The van der Waals surface area contributed by atoms with Crippen LogP contribution in [-0.4, -0.2) is 40.8 Å². The molecular formula is C28H33N3O4. The largest absolute Gasteiger partial charge is 0.494 e. The molecule has 1 aromatic heterocycles. The van der Waals surface area contributed by atoms with Gasteiger partial charge in [-0.05, 0) is 99.2 Å². The lowest BCUT2D eigenvalue weighted by molar-refractivity contribution is -0.137. The molecule has 1 aliphatic carbocycles. The van der Waals surface area contributed by atoms with Crippen molar-refractivity contribution in [2.75, 3.05) is 19.8 Å². The third kappa shape index (κ3) is 6.79. The molecule has 7 heteroatoms. The Morgan fingerprint density at radius 1 is 1.09 bits per heavy atom. The summed E-state index contributed by atoms with van der Waals surface area (Å²) >= 11 is 0. The molecule has 1 aliphatic rings. The SMILES string of the molecule is CCOc1ccc(-c2nc(C)cc(CNCCCOc3ccc4c(c3)CC[C@H]4CC(=O)O)n2)cc1. The van der Waals surface area contributed by atoms with Crippen molar-refractivity contribution in [1.82, 2.24) is 15.3 Å². The maximum Gasteiger partial charge on any atom is 0.303 e. The van der Waals surface area contributed by atoms with Crippen LogP contribution in [0, 0.1) is 6.92 Å². The van der Waals surface area contributed by atoms with Gasteiger partial charge in [0.1, 0.15) is 11.5 Å². The summed E-state index contributed by atoms with van der Waals surface area (Å²) in [5.41, 5.74) is 5.24. The van der Waals surface area contributed by atoms with Crippen LogP contribution < -0.4 is 14.8 Å². The molecule has 0 unspecified atom stereocenters. The van der Waals surface area contributed by atoms with Crippen LogP contribution in [0.2, 0.25) is 0 Å². The normalized spacial score (nSPS) is 14.5. The number of rotatable bonds is 12. The average molecular weight is 476 g/mol. The highest BCUT2D eigenvalue weighted by molar-refractivity contribution is 5.68. The fourth-order valence-electron chi connectivity index (χ4n) is 4.52. The van der Waals surface area contributed by atoms with Crippen molar-refractivity contribution in [2.45, 2.75) is 52.0 Å². The van der Waals surface area contributed by atoms with Gasteiger partial charge in [-0.3, -0.25) is 4.79 Å². The summed E-state index contributed by atoms with van der Waals surface area (Å²) in [5.74, 6) is 1.80. The van der Waals surface area contributed by atoms with Crippen LogP contribution in [0.3, 0.4) is 0 Å². The number of aliphatic carboxylic acids is 1. The number of nitrogens with zero attached hydrogens (tertiary/aromatic N) is 2.